The summed E-state index contributed by atoms with van der Waals surface area (Å²) >= 11 is 5.96. The third-order valence-corrected chi connectivity index (χ3v) is 4.37. The Morgan fingerprint density at radius 2 is 1.94 bits per heavy atom. The number of aryl methyl sites for hydroxylation is 1. The topological polar surface area (TPSA) is 128 Å². The van der Waals surface area contributed by atoms with Crippen LogP contribution in [0, 0.1) is 6.92 Å². The van der Waals surface area contributed by atoms with Crippen molar-refractivity contribution >= 4 is 34.9 Å². The van der Waals surface area contributed by atoms with Gasteiger partial charge in [-0.25, -0.2) is 0 Å². The molecular weight excluding hydrogens is 422 g/mol. The second-order valence-corrected chi connectivity index (χ2v) is 6.96. The van der Waals surface area contributed by atoms with Crippen molar-refractivity contribution in [1.29, 1.82) is 0 Å². The summed E-state index contributed by atoms with van der Waals surface area (Å²) < 4.78 is 4.90. The Hall–Kier alpha value is -4.05. The van der Waals surface area contributed by atoms with E-state index in [4.69, 9.17) is 16.1 Å². The van der Waals surface area contributed by atoms with Gasteiger partial charge >= 0.3 is 0 Å². The fraction of sp³-hybridized carbons (Fsp3) is 0.100. The number of hydrogen-bond acceptors (Lipinski definition) is 7. The van der Waals surface area contributed by atoms with Crippen LogP contribution >= 0.6 is 11.6 Å². The van der Waals surface area contributed by atoms with Gasteiger partial charge in [0.2, 0.25) is 11.7 Å². The maximum Gasteiger partial charge on any atom is 0.255 e. The lowest BCUT2D eigenvalue weighted by molar-refractivity contribution is -0.117. The molecule has 4 rings (SSSR count). The number of amides is 2. The van der Waals surface area contributed by atoms with Crippen molar-refractivity contribution in [2.75, 3.05) is 10.6 Å². The summed E-state index contributed by atoms with van der Waals surface area (Å²) in [5.74, 6) is 0.418. The van der Waals surface area contributed by atoms with Crippen molar-refractivity contribution < 1.29 is 14.1 Å². The van der Waals surface area contributed by atoms with Crippen molar-refractivity contribution in [1.82, 2.24) is 25.4 Å². The van der Waals surface area contributed by atoms with E-state index in [-0.39, 0.29) is 24.2 Å². The Bertz CT molecular complexity index is 1250. The van der Waals surface area contributed by atoms with Crippen LogP contribution in [-0.2, 0) is 11.3 Å². The molecule has 0 radical (unpaired) electrons. The van der Waals surface area contributed by atoms with E-state index in [1.165, 1.54) is 0 Å². The van der Waals surface area contributed by atoms with Crippen LogP contribution in [0.3, 0.4) is 0 Å². The van der Waals surface area contributed by atoms with Gasteiger partial charge in [0.1, 0.15) is 12.3 Å². The number of carbonyl (C=O) groups is 2. The number of halogens is 1. The summed E-state index contributed by atoms with van der Waals surface area (Å²) in [7, 11) is 0. The minimum atomic E-state index is -0.389. The summed E-state index contributed by atoms with van der Waals surface area (Å²) in [5.41, 5.74) is 1.46. The van der Waals surface area contributed by atoms with E-state index in [2.05, 4.69) is 31.2 Å². The number of carbonyl (C=O) groups excluding carboxylic acids is 2. The van der Waals surface area contributed by atoms with Crippen LogP contribution in [0.4, 0.5) is 11.5 Å². The van der Waals surface area contributed by atoms with Crippen molar-refractivity contribution in [3.63, 3.8) is 0 Å². The first-order chi connectivity index (χ1) is 15.0. The molecule has 4 aromatic rings. The molecule has 0 unspecified atom stereocenters. The van der Waals surface area contributed by atoms with Gasteiger partial charge in [-0.3, -0.25) is 9.59 Å². The number of tetrazole rings is 1. The molecule has 11 heteroatoms. The number of hydrogen-bond donors (Lipinski definition) is 2. The molecule has 0 aliphatic carbocycles. The maximum atomic E-state index is 12.6. The molecule has 10 nitrogen and oxygen atoms in total. The minimum Gasteiger partial charge on any atom is -0.360 e. The number of aromatic nitrogens is 5. The van der Waals surface area contributed by atoms with E-state index in [0.717, 1.165) is 4.80 Å². The van der Waals surface area contributed by atoms with Crippen molar-refractivity contribution in [3.8, 4) is 11.4 Å². The Kier molecular flexibility index (Phi) is 5.72. The molecule has 0 spiro atoms. The van der Waals surface area contributed by atoms with E-state index in [1.807, 2.05) is 0 Å². The molecule has 2 amide bonds. The van der Waals surface area contributed by atoms with Gasteiger partial charge in [-0.15, -0.1) is 10.2 Å². The van der Waals surface area contributed by atoms with E-state index >= 15 is 0 Å². The van der Waals surface area contributed by atoms with Crippen LogP contribution in [0.15, 0.2) is 59.1 Å². The predicted octanol–water partition coefficient (Wildman–Crippen LogP) is 3.18. The number of nitrogens with zero attached hydrogens (tertiary/aromatic N) is 5. The number of para-hydroxylation sites is 1. The monoisotopic (exact) mass is 437 g/mol. The van der Waals surface area contributed by atoms with Crippen LogP contribution in [0.1, 0.15) is 16.1 Å². The smallest absolute Gasteiger partial charge is 0.255 e. The van der Waals surface area contributed by atoms with Gasteiger partial charge in [-0.05, 0) is 42.5 Å². The highest BCUT2D eigenvalue weighted by molar-refractivity contribution is 6.31. The molecule has 0 saturated heterocycles. The molecule has 0 aliphatic rings. The van der Waals surface area contributed by atoms with E-state index in [1.54, 1.807) is 61.5 Å². The Balaban J connectivity index is 1.48. The Labute approximate surface area is 181 Å². The first-order valence-corrected chi connectivity index (χ1v) is 9.53. The van der Waals surface area contributed by atoms with E-state index < -0.39 is 0 Å². The van der Waals surface area contributed by atoms with Gasteiger partial charge in [-0.2, -0.15) is 4.80 Å². The third-order valence-electron chi connectivity index (χ3n) is 4.14. The average molecular weight is 438 g/mol. The molecule has 0 bridgehead atoms. The highest BCUT2D eigenvalue weighted by atomic mass is 35.5. The first kappa shape index (κ1) is 20.2. The van der Waals surface area contributed by atoms with Crippen molar-refractivity contribution in [2.45, 2.75) is 13.5 Å². The number of anilines is 2. The van der Waals surface area contributed by atoms with Crippen LogP contribution in [0.5, 0.6) is 0 Å². The van der Waals surface area contributed by atoms with Gasteiger partial charge in [0.15, 0.2) is 5.82 Å². The zero-order chi connectivity index (χ0) is 21.8. The lowest BCUT2D eigenvalue weighted by Crippen LogP contribution is -2.20. The molecule has 31 heavy (non-hydrogen) atoms. The Morgan fingerprint density at radius 3 is 2.71 bits per heavy atom. The van der Waals surface area contributed by atoms with Gasteiger partial charge in [0, 0.05) is 22.2 Å². The molecule has 0 fully saturated rings. The molecule has 2 N–H and O–H groups in total. The van der Waals surface area contributed by atoms with Gasteiger partial charge in [0.05, 0.1) is 5.69 Å². The first-order valence-electron chi connectivity index (χ1n) is 9.15. The molecule has 2 aromatic heterocycles. The zero-order valence-corrected chi connectivity index (χ0v) is 17.0. The van der Waals surface area contributed by atoms with Crippen LogP contribution in [0.25, 0.3) is 11.4 Å². The fourth-order valence-corrected chi connectivity index (χ4v) is 2.96. The zero-order valence-electron chi connectivity index (χ0n) is 16.2. The number of rotatable bonds is 6. The summed E-state index contributed by atoms with van der Waals surface area (Å²) in [6.45, 7) is 1.55. The van der Waals surface area contributed by atoms with Gasteiger partial charge < -0.3 is 15.2 Å². The molecule has 0 aliphatic heterocycles. The molecule has 2 aromatic carbocycles. The highest BCUT2D eigenvalue weighted by Crippen LogP contribution is 2.25. The quantitative estimate of drug-likeness (QED) is 0.474. The van der Waals surface area contributed by atoms with Crippen LogP contribution in [0.2, 0.25) is 5.02 Å². The number of nitrogens with one attached hydrogen (secondary N) is 2. The lowest BCUT2D eigenvalue weighted by atomic mass is 10.1. The van der Waals surface area contributed by atoms with E-state index in [9.17, 15) is 9.59 Å². The standard InChI is InChI=1S/C20H16ClN7O3/c1-12-9-17(26-31-12)23-18(29)11-28-25-19(24-27-28)15-7-2-3-8-16(15)22-20(30)13-5-4-6-14(21)10-13/h2-10H,11H2,1H3,(H,22,30)(H,23,26,29). The lowest BCUT2D eigenvalue weighted by Gasteiger charge is -2.09. The summed E-state index contributed by atoms with van der Waals surface area (Å²) in [6, 6.07) is 15.2. The second-order valence-electron chi connectivity index (χ2n) is 6.52. The SMILES string of the molecule is Cc1cc(NC(=O)Cn2nnc(-c3ccccc3NC(=O)c3cccc(Cl)c3)n2)no1. The van der Waals surface area contributed by atoms with Crippen LogP contribution in [-0.4, -0.2) is 37.2 Å². The molecule has 0 atom stereocenters. The largest absolute Gasteiger partial charge is 0.360 e. The molecular formula is C20H16ClN7O3. The summed E-state index contributed by atoms with van der Waals surface area (Å²) in [6.07, 6.45) is 0. The third kappa shape index (κ3) is 4.93. The summed E-state index contributed by atoms with van der Waals surface area (Å²) in [4.78, 5) is 25.9. The predicted molar refractivity (Wildman–Crippen MR) is 113 cm³/mol. The average Bonchev–Trinajstić information content (AvgIpc) is 3.37. The molecule has 2 heterocycles. The minimum absolute atomic E-state index is 0.171. The normalized spacial score (nSPS) is 10.6. The van der Waals surface area contributed by atoms with Crippen LogP contribution < -0.4 is 10.6 Å². The summed E-state index contributed by atoms with van der Waals surface area (Å²) in [5, 5.41) is 21.7. The van der Waals surface area contributed by atoms with E-state index in [0.29, 0.717) is 33.4 Å². The highest BCUT2D eigenvalue weighted by Gasteiger charge is 2.15. The van der Waals surface area contributed by atoms with Gasteiger partial charge in [0.25, 0.3) is 5.91 Å². The van der Waals surface area contributed by atoms with Crippen molar-refractivity contribution in [2.24, 2.45) is 0 Å². The van der Waals surface area contributed by atoms with Crippen molar-refractivity contribution in [3.05, 3.63) is 70.9 Å². The fourth-order valence-electron chi connectivity index (χ4n) is 2.77. The molecule has 0 saturated carbocycles. The second kappa shape index (κ2) is 8.76. The molecule has 156 valence electrons. The Morgan fingerprint density at radius 1 is 1.10 bits per heavy atom. The maximum absolute atomic E-state index is 12.6. The van der Waals surface area contributed by atoms with Gasteiger partial charge in [-0.1, -0.05) is 35.0 Å². The number of benzene rings is 2.